The summed E-state index contributed by atoms with van der Waals surface area (Å²) in [7, 11) is 0. The molecule has 2 aliphatic carbocycles. The van der Waals surface area contributed by atoms with Crippen LogP contribution in [0.2, 0.25) is 0 Å². The van der Waals surface area contributed by atoms with E-state index >= 15 is 0 Å². The van der Waals surface area contributed by atoms with Crippen LogP contribution >= 0.6 is 0 Å². The number of carbonyl (C=O) groups excluding carboxylic acids is 1. The maximum absolute atomic E-state index is 12.2. The molecular weight excluding hydrogens is 242 g/mol. The van der Waals surface area contributed by atoms with Crippen molar-refractivity contribution >= 4 is 5.97 Å². The van der Waals surface area contributed by atoms with Crippen LogP contribution in [0.25, 0.3) is 0 Å². The molecule has 108 valence electrons. The third kappa shape index (κ3) is 1.83. The second-order valence-electron chi connectivity index (χ2n) is 7.39. The van der Waals surface area contributed by atoms with E-state index in [1.54, 1.807) is 0 Å². The van der Waals surface area contributed by atoms with E-state index < -0.39 is 6.10 Å². The Kier molecular flexibility index (Phi) is 2.95. The Labute approximate surface area is 114 Å². The Balaban J connectivity index is 1.67. The van der Waals surface area contributed by atoms with Crippen LogP contribution < -0.4 is 5.32 Å². The summed E-state index contributed by atoms with van der Waals surface area (Å²) in [5, 5.41) is 12.5. The third-order valence-corrected chi connectivity index (χ3v) is 6.36. The Hall–Kier alpha value is -0.610. The van der Waals surface area contributed by atoms with Crippen molar-refractivity contribution in [2.75, 3.05) is 6.54 Å². The lowest BCUT2D eigenvalue weighted by Crippen LogP contribution is -2.42. The molecule has 0 radical (unpaired) electrons. The van der Waals surface area contributed by atoms with Crippen molar-refractivity contribution in [1.82, 2.24) is 5.32 Å². The number of aliphatic hydroxyl groups is 1. The Morgan fingerprint density at radius 3 is 2.53 bits per heavy atom. The molecule has 1 aliphatic heterocycles. The highest BCUT2D eigenvalue weighted by molar-refractivity contribution is 5.76. The number of aliphatic hydroxyl groups excluding tert-OH is 1. The van der Waals surface area contributed by atoms with Gasteiger partial charge in [0.15, 0.2) is 0 Å². The number of nitrogens with one attached hydrogen (secondary N) is 1. The van der Waals surface area contributed by atoms with Gasteiger partial charge in [-0.3, -0.25) is 4.79 Å². The molecule has 0 aromatic carbocycles. The first-order valence-corrected chi connectivity index (χ1v) is 7.46. The van der Waals surface area contributed by atoms with E-state index in [1.807, 2.05) is 0 Å². The molecule has 4 nitrogen and oxygen atoms in total. The zero-order chi connectivity index (χ0) is 13.8. The van der Waals surface area contributed by atoms with Crippen molar-refractivity contribution < 1.29 is 14.6 Å². The van der Waals surface area contributed by atoms with Crippen molar-refractivity contribution in [2.45, 2.75) is 64.7 Å². The van der Waals surface area contributed by atoms with Gasteiger partial charge in [0.1, 0.15) is 12.1 Å². The highest BCUT2D eigenvalue weighted by Crippen LogP contribution is 2.66. The van der Waals surface area contributed by atoms with Crippen LogP contribution in [0.3, 0.4) is 0 Å². The molecule has 0 spiro atoms. The lowest BCUT2D eigenvalue weighted by Gasteiger charge is -2.38. The molecule has 0 aromatic rings. The van der Waals surface area contributed by atoms with E-state index in [0.717, 1.165) is 12.8 Å². The predicted molar refractivity (Wildman–Crippen MR) is 71.5 cm³/mol. The quantitative estimate of drug-likeness (QED) is 0.744. The minimum absolute atomic E-state index is 0.0493. The lowest BCUT2D eigenvalue weighted by atomic mass is 9.70. The molecule has 0 amide bonds. The van der Waals surface area contributed by atoms with Gasteiger partial charge in [0.05, 0.1) is 6.10 Å². The zero-order valence-corrected chi connectivity index (χ0v) is 12.1. The van der Waals surface area contributed by atoms with Crippen LogP contribution in [0.15, 0.2) is 0 Å². The van der Waals surface area contributed by atoms with E-state index in [-0.39, 0.29) is 28.9 Å². The molecular formula is C15H25NO3. The molecule has 4 heteroatoms. The Morgan fingerprint density at radius 1 is 1.32 bits per heavy atom. The Morgan fingerprint density at radius 2 is 2.05 bits per heavy atom. The van der Waals surface area contributed by atoms with E-state index in [1.165, 1.54) is 6.42 Å². The fourth-order valence-electron chi connectivity index (χ4n) is 4.43. The fourth-order valence-corrected chi connectivity index (χ4v) is 4.43. The number of hydrogen-bond donors (Lipinski definition) is 2. The van der Waals surface area contributed by atoms with Gasteiger partial charge in [-0.05, 0) is 30.6 Å². The van der Waals surface area contributed by atoms with Crippen LogP contribution in [-0.4, -0.2) is 35.9 Å². The van der Waals surface area contributed by atoms with Crippen LogP contribution in [0.1, 0.15) is 46.5 Å². The van der Waals surface area contributed by atoms with Gasteiger partial charge in [0.2, 0.25) is 0 Å². The first-order chi connectivity index (χ1) is 8.84. The highest BCUT2D eigenvalue weighted by Gasteiger charge is 2.63. The van der Waals surface area contributed by atoms with Crippen molar-refractivity contribution in [3.8, 4) is 0 Å². The van der Waals surface area contributed by atoms with Gasteiger partial charge in [-0.2, -0.15) is 0 Å². The minimum atomic E-state index is -0.412. The summed E-state index contributed by atoms with van der Waals surface area (Å²) >= 11 is 0. The Bertz CT molecular complexity index is 395. The SMILES string of the molecule is CC1(C)C2CCC1(C)C(OC(=O)[C@@H]1C[C@H](O)CN1)C2. The third-order valence-electron chi connectivity index (χ3n) is 6.36. The monoisotopic (exact) mass is 267 g/mol. The van der Waals surface area contributed by atoms with Crippen LogP contribution in [0, 0.1) is 16.7 Å². The van der Waals surface area contributed by atoms with Crippen molar-refractivity contribution in [3.63, 3.8) is 0 Å². The van der Waals surface area contributed by atoms with Gasteiger partial charge in [-0.1, -0.05) is 20.8 Å². The van der Waals surface area contributed by atoms with Gasteiger partial charge >= 0.3 is 5.97 Å². The van der Waals surface area contributed by atoms with Crippen molar-refractivity contribution in [3.05, 3.63) is 0 Å². The summed E-state index contributed by atoms with van der Waals surface area (Å²) in [5.41, 5.74) is 0.380. The number of ether oxygens (including phenoxy) is 1. The number of hydrogen-bond acceptors (Lipinski definition) is 4. The molecule has 0 aromatic heterocycles. The average molecular weight is 267 g/mol. The van der Waals surface area contributed by atoms with Crippen molar-refractivity contribution in [1.29, 1.82) is 0 Å². The van der Waals surface area contributed by atoms with E-state index in [2.05, 4.69) is 26.1 Å². The average Bonchev–Trinajstić information content (AvgIpc) is 2.91. The standard InChI is InChI=1S/C15H25NO3/c1-14(2)9-4-5-15(14,3)12(6-9)19-13(18)11-7-10(17)8-16-11/h9-12,16-17H,4-8H2,1-3H3/t9?,10-,11-,12?,15?/m0/s1. The molecule has 3 aliphatic rings. The molecule has 1 heterocycles. The van der Waals surface area contributed by atoms with Crippen LogP contribution in [-0.2, 0) is 9.53 Å². The number of carbonyl (C=O) groups is 1. The number of fused-ring (bicyclic) bond motifs is 2. The highest BCUT2D eigenvalue weighted by atomic mass is 16.5. The normalized spacial score (nSPS) is 47.6. The number of esters is 1. The molecule has 2 bridgehead atoms. The largest absolute Gasteiger partial charge is 0.461 e. The topological polar surface area (TPSA) is 58.6 Å². The summed E-state index contributed by atoms with van der Waals surface area (Å²) in [4.78, 5) is 12.2. The summed E-state index contributed by atoms with van der Waals surface area (Å²) in [5.74, 6) is 0.503. The maximum Gasteiger partial charge on any atom is 0.323 e. The van der Waals surface area contributed by atoms with Gasteiger partial charge in [-0.25, -0.2) is 0 Å². The number of rotatable bonds is 2. The summed E-state index contributed by atoms with van der Waals surface area (Å²) < 4.78 is 5.80. The van der Waals surface area contributed by atoms with Crippen molar-refractivity contribution in [2.24, 2.45) is 16.7 Å². The second kappa shape index (κ2) is 4.19. The first-order valence-electron chi connectivity index (χ1n) is 7.46. The van der Waals surface area contributed by atoms with E-state index in [4.69, 9.17) is 4.74 Å². The molecule has 3 unspecified atom stereocenters. The lowest BCUT2D eigenvalue weighted by molar-refractivity contribution is -0.159. The smallest absolute Gasteiger partial charge is 0.323 e. The molecule has 2 N–H and O–H groups in total. The van der Waals surface area contributed by atoms with Gasteiger partial charge in [-0.15, -0.1) is 0 Å². The predicted octanol–water partition coefficient (Wildman–Crippen LogP) is 1.47. The minimum Gasteiger partial charge on any atom is -0.461 e. The summed E-state index contributed by atoms with van der Waals surface area (Å²) in [6, 6.07) is -0.319. The second-order valence-corrected chi connectivity index (χ2v) is 7.39. The molecule has 19 heavy (non-hydrogen) atoms. The molecule has 2 saturated carbocycles. The van der Waals surface area contributed by atoms with Gasteiger partial charge in [0.25, 0.3) is 0 Å². The molecule has 3 fully saturated rings. The van der Waals surface area contributed by atoms with Gasteiger partial charge in [0, 0.05) is 18.4 Å². The molecule has 1 saturated heterocycles. The maximum atomic E-state index is 12.2. The van der Waals surface area contributed by atoms with Crippen LogP contribution in [0.4, 0.5) is 0 Å². The zero-order valence-electron chi connectivity index (χ0n) is 12.1. The van der Waals surface area contributed by atoms with E-state index in [0.29, 0.717) is 18.9 Å². The summed E-state index contributed by atoms with van der Waals surface area (Å²) in [6.45, 7) is 7.40. The number of β-amino-alcohol motifs (C(OH)–C–C–N with tert-alkyl or cyclic N) is 1. The fraction of sp³-hybridized carbons (Fsp3) is 0.933. The summed E-state index contributed by atoms with van der Waals surface area (Å²) in [6.07, 6.45) is 3.54. The van der Waals surface area contributed by atoms with Crippen LogP contribution in [0.5, 0.6) is 0 Å². The molecule has 5 atom stereocenters. The van der Waals surface area contributed by atoms with E-state index in [9.17, 15) is 9.90 Å². The van der Waals surface area contributed by atoms with Gasteiger partial charge < -0.3 is 15.2 Å². The molecule has 3 rings (SSSR count). The first kappa shape index (κ1) is 13.4.